The molecule has 1 aromatic rings. The molecule has 2 atom stereocenters. The van der Waals surface area contributed by atoms with Crippen molar-refractivity contribution in [2.45, 2.75) is 24.9 Å². The number of hydrogen-bond acceptors (Lipinski definition) is 6. The number of aromatic hydroxyl groups is 1. The molecule has 6 heteroatoms. The van der Waals surface area contributed by atoms with E-state index in [-0.39, 0.29) is 35.1 Å². The fourth-order valence-corrected chi connectivity index (χ4v) is 3.07. The highest BCUT2D eigenvalue weighted by Crippen LogP contribution is 2.38. The van der Waals surface area contributed by atoms with E-state index in [2.05, 4.69) is 6.58 Å². The summed E-state index contributed by atoms with van der Waals surface area (Å²) in [7, 11) is 2.77. The standard InChI is InChI=1S/C20H22O6/c1-5-14(13-6-7-18(25-3)17(23)8-13)15-11-20(24,10-12(2)21)19(26-4)9-16(15)22/h5-9,11,14,23-24H,1,10H2,2-4H3. The summed E-state index contributed by atoms with van der Waals surface area (Å²) < 4.78 is 10.1. The number of ketones is 2. The molecule has 2 rings (SSSR count). The normalized spacial score (nSPS) is 20.7. The smallest absolute Gasteiger partial charge is 0.186 e. The summed E-state index contributed by atoms with van der Waals surface area (Å²) in [6.45, 7) is 5.11. The predicted molar refractivity (Wildman–Crippen MR) is 96.0 cm³/mol. The Balaban J connectivity index is 2.52. The monoisotopic (exact) mass is 358 g/mol. The third-order valence-electron chi connectivity index (χ3n) is 4.24. The maximum atomic E-state index is 12.6. The van der Waals surface area contributed by atoms with E-state index in [1.54, 1.807) is 12.1 Å². The van der Waals surface area contributed by atoms with E-state index in [9.17, 15) is 19.8 Å². The van der Waals surface area contributed by atoms with Crippen LogP contribution in [0.3, 0.4) is 0 Å². The SMILES string of the molecule is C=CC(C1=CC(O)(CC(C)=O)C(OC)=CC1=O)c1ccc(OC)c(O)c1. The van der Waals surface area contributed by atoms with Crippen LogP contribution in [0.4, 0.5) is 0 Å². The number of phenols is 1. The number of benzene rings is 1. The van der Waals surface area contributed by atoms with Crippen molar-refractivity contribution in [1.29, 1.82) is 0 Å². The van der Waals surface area contributed by atoms with Gasteiger partial charge in [0.25, 0.3) is 0 Å². The Hall–Kier alpha value is -2.86. The largest absolute Gasteiger partial charge is 0.504 e. The lowest BCUT2D eigenvalue weighted by molar-refractivity contribution is -0.121. The second-order valence-electron chi connectivity index (χ2n) is 6.12. The Labute approximate surface area is 152 Å². The van der Waals surface area contributed by atoms with Gasteiger partial charge in [-0.05, 0) is 30.7 Å². The molecule has 0 aliphatic heterocycles. The van der Waals surface area contributed by atoms with Crippen LogP contribution in [0.25, 0.3) is 0 Å². The molecule has 0 saturated heterocycles. The Morgan fingerprint density at radius 1 is 1.35 bits per heavy atom. The van der Waals surface area contributed by atoms with E-state index >= 15 is 0 Å². The average Bonchev–Trinajstić information content (AvgIpc) is 2.57. The molecule has 0 spiro atoms. The molecule has 0 saturated carbocycles. The van der Waals surface area contributed by atoms with Crippen LogP contribution in [0.5, 0.6) is 11.5 Å². The van der Waals surface area contributed by atoms with Gasteiger partial charge in [-0.2, -0.15) is 0 Å². The highest BCUT2D eigenvalue weighted by Gasteiger charge is 2.39. The van der Waals surface area contributed by atoms with E-state index in [0.29, 0.717) is 11.3 Å². The number of rotatable bonds is 7. The van der Waals surface area contributed by atoms with Gasteiger partial charge in [0.2, 0.25) is 0 Å². The van der Waals surface area contributed by atoms with Gasteiger partial charge in [-0.1, -0.05) is 12.1 Å². The Bertz CT molecular complexity index is 805. The zero-order chi connectivity index (χ0) is 19.5. The lowest BCUT2D eigenvalue weighted by Gasteiger charge is -2.31. The number of Topliss-reactive ketones (excluding diaryl/α,β-unsaturated/α-hetero) is 1. The topological polar surface area (TPSA) is 93.1 Å². The molecule has 0 heterocycles. The molecule has 0 radical (unpaired) electrons. The fraction of sp³-hybridized carbons (Fsp3) is 0.300. The number of hydrogen-bond donors (Lipinski definition) is 2. The molecule has 1 aliphatic carbocycles. The van der Waals surface area contributed by atoms with E-state index in [0.717, 1.165) is 0 Å². The van der Waals surface area contributed by atoms with E-state index in [1.165, 1.54) is 45.4 Å². The van der Waals surface area contributed by atoms with Crippen LogP contribution in [0.2, 0.25) is 0 Å². The van der Waals surface area contributed by atoms with Crippen LogP contribution in [0.15, 0.2) is 54.3 Å². The van der Waals surface area contributed by atoms with Crippen molar-refractivity contribution in [3.05, 3.63) is 59.9 Å². The van der Waals surface area contributed by atoms with Gasteiger partial charge in [0.1, 0.15) is 17.1 Å². The van der Waals surface area contributed by atoms with Crippen molar-refractivity contribution in [2.24, 2.45) is 0 Å². The minimum Gasteiger partial charge on any atom is -0.504 e. The van der Waals surface area contributed by atoms with Crippen molar-refractivity contribution < 1.29 is 29.3 Å². The number of ether oxygens (including phenoxy) is 2. The first kappa shape index (κ1) is 19.5. The second kappa shape index (κ2) is 7.58. The number of carbonyl (C=O) groups excluding carboxylic acids is 2. The van der Waals surface area contributed by atoms with Crippen LogP contribution < -0.4 is 4.74 Å². The van der Waals surface area contributed by atoms with E-state index in [1.807, 2.05) is 0 Å². The molecule has 1 aliphatic rings. The minimum absolute atomic E-state index is 0.0156. The van der Waals surface area contributed by atoms with Crippen LogP contribution in [0, 0.1) is 0 Å². The molecule has 0 fully saturated rings. The molecule has 6 nitrogen and oxygen atoms in total. The molecule has 2 unspecified atom stereocenters. The highest BCUT2D eigenvalue weighted by molar-refractivity contribution is 6.07. The number of carbonyl (C=O) groups is 2. The molecule has 2 N–H and O–H groups in total. The molecule has 0 aromatic heterocycles. The first-order valence-corrected chi connectivity index (χ1v) is 8.00. The Morgan fingerprint density at radius 3 is 2.54 bits per heavy atom. The average molecular weight is 358 g/mol. The number of allylic oxidation sites excluding steroid dienone is 3. The van der Waals surface area contributed by atoms with Crippen molar-refractivity contribution in [3.63, 3.8) is 0 Å². The zero-order valence-corrected chi connectivity index (χ0v) is 15.0. The van der Waals surface area contributed by atoms with Gasteiger partial charge < -0.3 is 19.7 Å². The molecule has 1 aromatic carbocycles. The second-order valence-corrected chi connectivity index (χ2v) is 6.12. The summed E-state index contributed by atoms with van der Waals surface area (Å²) in [6, 6.07) is 4.74. The van der Waals surface area contributed by atoms with Crippen LogP contribution in [-0.4, -0.2) is 41.6 Å². The lowest BCUT2D eigenvalue weighted by Crippen LogP contribution is -2.37. The van der Waals surface area contributed by atoms with Gasteiger partial charge in [0, 0.05) is 24.0 Å². The van der Waals surface area contributed by atoms with Gasteiger partial charge in [-0.3, -0.25) is 9.59 Å². The van der Waals surface area contributed by atoms with Gasteiger partial charge in [-0.15, -0.1) is 6.58 Å². The minimum atomic E-state index is -1.71. The van der Waals surface area contributed by atoms with E-state index < -0.39 is 11.5 Å². The maximum Gasteiger partial charge on any atom is 0.186 e. The summed E-state index contributed by atoms with van der Waals surface area (Å²) >= 11 is 0. The predicted octanol–water partition coefficient (Wildman–Crippen LogP) is 2.42. The first-order chi connectivity index (χ1) is 12.3. The molecular formula is C20H22O6. The van der Waals surface area contributed by atoms with Crippen LogP contribution in [-0.2, 0) is 14.3 Å². The van der Waals surface area contributed by atoms with Gasteiger partial charge >= 0.3 is 0 Å². The highest BCUT2D eigenvalue weighted by atomic mass is 16.5. The van der Waals surface area contributed by atoms with Gasteiger partial charge in [-0.25, -0.2) is 0 Å². The fourth-order valence-electron chi connectivity index (χ4n) is 3.07. The lowest BCUT2D eigenvalue weighted by atomic mass is 9.79. The van der Waals surface area contributed by atoms with Crippen molar-refractivity contribution >= 4 is 11.6 Å². The van der Waals surface area contributed by atoms with Crippen molar-refractivity contribution in [2.75, 3.05) is 14.2 Å². The molecule has 138 valence electrons. The summed E-state index contributed by atoms with van der Waals surface area (Å²) in [5.41, 5.74) is -0.869. The van der Waals surface area contributed by atoms with Gasteiger partial charge in [0.15, 0.2) is 17.3 Å². The third-order valence-corrected chi connectivity index (χ3v) is 4.24. The number of methoxy groups -OCH3 is 2. The Morgan fingerprint density at radius 2 is 2.04 bits per heavy atom. The van der Waals surface area contributed by atoms with Crippen LogP contribution >= 0.6 is 0 Å². The molecule has 0 amide bonds. The summed E-state index contributed by atoms with van der Waals surface area (Å²) in [4.78, 5) is 24.1. The molecule has 26 heavy (non-hydrogen) atoms. The molecular weight excluding hydrogens is 336 g/mol. The maximum absolute atomic E-state index is 12.6. The first-order valence-electron chi connectivity index (χ1n) is 8.00. The number of aliphatic hydroxyl groups is 1. The zero-order valence-electron chi connectivity index (χ0n) is 15.0. The van der Waals surface area contributed by atoms with Crippen molar-refractivity contribution in [1.82, 2.24) is 0 Å². The summed E-state index contributed by atoms with van der Waals surface area (Å²) in [5, 5.41) is 20.9. The van der Waals surface area contributed by atoms with E-state index in [4.69, 9.17) is 9.47 Å². The van der Waals surface area contributed by atoms with Gasteiger partial charge in [0.05, 0.1) is 14.2 Å². The summed E-state index contributed by atoms with van der Waals surface area (Å²) in [5.74, 6) is -0.967. The number of phenolic OH excluding ortho intramolecular Hbond substituents is 1. The third kappa shape index (κ3) is 3.70. The van der Waals surface area contributed by atoms with Crippen molar-refractivity contribution in [3.8, 4) is 11.5 Å². The summed E-state index contributed by atoms with van der Waals surface area (Å²) in [6.07, 6.45) is 3.83. The Kier molecular flexibility index (Phi) is 5.67. The quantitative estimate of drug-likeness (QED) is 0.727. The van der Waals surface area contributed by atoms with Crippen LogP contribution in [0.1, 0.15) is 24.8 Å². The molecule has 0 bridgehead atoms.